The lowest BCUT2D eigenvalue weighted by Gasteiger charge is -2.26. The van der Waals surface area contributed by atoms with Gasteiger partial charge >= 0.3 is 0 Å². The average Bonchev–Trinajstić information content (AvgIpc) is 2.82. The van der Waals surface area contributed by atoms with Crippen LogP contribution in [0.5, 0.6) is 0 Å². The minimum absolute atomic E-state index is 0.0167. The summed E-state index contributed by atoms with van der Waals surface area (Å²) >= 11 is 0. The fraction of sp³-hybridized carbons (Fsp3) is 0.938. The molecule has 4 nitrogen and oxygen atoms in total. The SMILES string of the molecule is CCCNC1COCC1C(=O)NC1CCCCCC1C. The van der Waals surface area contributed by atoms with Crippen molar-refractivity contribution in [1.82, 2.24) is 10.6 Å². The number of nitrogens with one attached hydrogen (secondary N) is 2. The van der Waals surface area contributed by atoms with E-state index in [-0.39, 0.29) is 17.9 Å². The number of hydrogen-bond donors (Lipinski definition) is 2. The molecule has 0 radical (unpaired) electrons. The Morgan fingerprint density at radius 3 is 2.75 bits per heavy atom. The fourth-order valence-corrected chi connectivity index (χ4v) is 3.34. The van der Waals surface area contributed by atoms with Gasteiger partial charge in [0.15, 0.2) is 0 Å². The zero-order chi connectivity index (χ0) is 14.4. The van der Waals surface area contributed by atoms with E-state index < -0.39 is 0 Å². The van der Waals surface area contributed by atoms with E-state index in [2.05, 4.69) is 24.5 Å². The number of carbonyl (C=O) groups excluding carboxylic acids is 1. The number of hydrogen-bond acceptors (Lipinski definition) is 3. The highest BCUT2D eigenvalue weighted by Gasteiger charge is 2.35. The zero-order valence-electron chi connectivity index (χ0n) is 13.0. The number of carbonyl (C=O) groups is 1. The van der Waals surface area contributed by atoms with Crippen LogP contribution in [0, 0.1) is 11.8 Å². The van der Waals surface area contributed by atoms with Crippen molar-refractivity contribution in [3.63, 3.8) is 0 Å². The highest BCUT2D eigenvalue weighted by Crippen LogP contribution is 2.24. The van der Waals surface area contributed by atoms with Crippen molar-refractivity contribution in [2.24, 2.45) is 11.8 Å². The molecule has 2 fully saturated rings. The van der Waals surface area contributed by atoms with Crippen molar-refractivity contribution < 1.29 is 9.53 Å². The van der Waals surface area contributed by atoms with Gasteiger partial charge in [-0.2, -0.15) is 0 Å². The molecule has 1 aliphatic carbocycles. The van der Waals surface area contributed by atoms with Gasteiger partial charge in [0.05, 0.1) is 19.1 Å². The summed E-state index contributed by atoms with van der Waals surface area (Å²) in [7, 11) is 0. The van der Waals surface area contributed by atoms with Gasteiger partial charge in [0.2, 0.25) is 5.91 Å². The number of rotatable bonds is 5. The van der Waals surface area contributed by atoms with Crippen molar-refractivity contribution in [3.05, 3.63) is 0 Å². The van der Waals surface area contributed by atoms with Crippen LogP contribution < -0.4 is 10.6 Å². The molecular weight excluding hydrogens is 252 g/mol. The normalized spacial score (nSPS) is 34.7. The lowest BCUT2D eigenvalue weighted by Crippen LogP contribution is -2.48. The van der Waals surface area contributed by atoms with Gasteiger partial charge in [-0.05, 0) is 31.7 Å². The molecule has 2 rings (SSSR count). The van der Waals surface area contributed by atoms with Crippen molar-refractivity contribution >= 4 is 5.91 Å². The third-order valence-electron chi connectivity index (χ3n) is 4.76. The molecule has 1 saturated carbocycles. The fourth-order valence-electron chi connectivity index (χ4n) is 3.34. The Bertz CT molecular complexity index is 309. The molecule has 2 N–H and O–H groups in total. The molecule has 1 amide bonds. The molecule has 4 unspecified atom stereocenters. The van der Waals surface area contributed by atoms with Crippen LogP contribution in [0.3, 0.4) is 0 Å². The minimum Gasteiger partial charge on any atom is -0.379 e. The van der Waals surface area contributed by atoms with Gasteiger partial charge in [0, 0.05) is 12.1 Å². The van der Waals surface area contributed by atoms with Crippen LogP contribution in [0.4, 0.5) is 0 Å². The Balaban J connectivity index is 1.86. The van der Waals surface area contributed by atoms with Crippen LogP contribution in [0.2, 0.25) is 0 Å². The molecule has 116 valence electrons. The van der Waals surface area contributed by atoms with Gasteiger partial charge < -0.3 is 15.4 Å². The second kappa shape index (κ2) is 7.99. The zero-order valence-corrected chi connectivity index (χ0v) is 13.0. The van der Waals surface area contributed by atoms with Gasteiger partial charge in [0.25, 0.3) is 0 Å². The van der Waals surface area contributed by atoms with Crippen molar-refractivity contribution in [2.75, 3.05) is 19.8 Å². The lowest BCUT2D eigenvalue weighted by atomic mass is 9.95. The van der Waals surface area contributed by atoms with Gasteiger partial charge in [-0.3, -0.25) is 4.79 Å². The summed E-state index contributed by atoms with van der Waals surface area (Å²) in [6.45, 7) is 6.60. The van der Waals surface area contributed by atoms with Crippen LogP contribution >= 0.6 is 0 Å². The molecule has 0 aromatic heterocycles. The van der Waals surface area contributed by atoms with E-state index >= 15 is 0 Å². The maximum Gasteiger partial charge on any atom is 0.227 e. The van der Waals surface area contributed by atoms with Crippen LogP contribution in [0.1, 0.15) is 52.4 Å². The van der Waals surface area contributed by atoms with E-state index in [1.165, 1.54) is 25.7 Å². The third-order valence-corrected chi connectivity index (χ3v) is 4.76. The van der Waals surface area contributed by atoms with Crippen LogP contribution in [0.15, 0.2) is 0 Å². The van der Waals surface area contributed by atoms with E-state index in [0.29, 0.717) is 25.2 Å². The molecule has 1 aliphatic heterocycles. The maximum absolute atomic E-state index is 12.5. The monoisotopic (exact) mass is 282 g/mol. The molecule has 0 spiro atoms. The summed E-state index contributed by atoms with van der Waals surface area (Å²) in [6.07, 6.45) is 7.32. The summed E-state index contributed by atoms with van der Waals surface area (Å²) in [5.41, 5.74) is 0. The first-order valence-electron chi connectivity index (χ1n) is 8.34. The molecule has 0 aromatic carbocycles. The van der Waals surface area contributed by atoms with Gasteiger partial charge in [-0.25, -0.2) is 0 Å². The largest absolute Gasteiger partial charge is 0.379 e. The van der Waals surface area contributed by atoms with Gasteiger partial charge in [-0.1, -0.05) is 33.1 Å². The van der Waals surface area contributed by atoms with E-state index in [4.69, 9.17) is 4.74 Å². The molecule has 4 heteroatoms. The topological polar surface area (TPSA) is 50.4 Å². The smallest absolute Gasteiger partial charge is 0.227 e. The second-order valence-corrected chi connectivity index (χ2v) is 6.43. The van der Waals surface area contributed by atoms with Crippen LogP contribution in [0.25, 0.3) is 0 Å². The Morgan fingerprint density at radius 2 is 1.95 bits per heavy atom. The van der Waals surface area contributed by atoms with Gasteiger partial charge in [-0.15, -0.1) is 0 Å². The Kier molecular flexibility index (Phi) is 6.30. The predicted molar refractivity (Wildman–Crippen MR) is 80.6 cm³/mol. The highest BCUT2D eigenvalue weighted by molar-refractivity contribution is 5.80. The minimum atomic E-state index is -0.0167. The molecule has 1 saturated heterocycles. The summed E-state index contributed by atoms with van der Waals surface area (Å²) in [4.78, 5) is 12.5. The molecule has 1 heterocycles. The Morgan fingerprint density at radius 1 is 1.15 bits per heavy atom. The van der Waals surface area contributed by atoms with Crippen molar-refractivity contribution in [3.8, 4) is 0 Å². The second-order valence-electron chi connectivity index (χ2n) is 6.43. The lowest BCUT2D eigenvalue weighted by molar-refractivity contribution is -0.126. The van der Waals surface area contributed by atoms with Crippen molar-refractivity contribution in [2.45, 2.75) is 64.5 Å². The maximum atomic E-state index is 12.5. The summed E-state index contributed by atoms with van der Waals surface area (Å²) in [5.74, 6) is 0.776. The first-order chi connectivity index (χ1) is 9.72. The number of amides is 1. The van der Waals surface area contributed by atoms with Gasteiger partial charge in [0.1, 0.15) is 0 Å². The number of ether oxygens (including phenoxy) is 1. The van der Waals surface area contributed by atoms with Crippen molar-refractivity contribution in [1.29, 1.82) is 0 Å². The highest BCUT2D eigenvalue weighted by atomic mass is 16.5. The summed E-state index contributed by atoms with van der Waals surface area (Å²) in [5, 5.41) is 6.74. The van der Waals surface area contributed by atoms with Crippen LogP contribution in [-0.2, 0) is 9.53 Å². The molecular formula is C16H30N2O2. The Labute approximate surface area is 123 Å². The first kappa shape index (κ1) is 15.8. The molecule has 20 heavy (non-hydrogen) atoms. The molecule has 4 atom stereocenters. The quantitative estimate of drug-likeness (QED) is 0.759. The van der Waals surface area contributed by atoms with Crippen LogP contribution in [-0.4, -0.2) is 37.7 Å². The molecule has 2 aliphatic rings. The molecule has 0 aromatic rings. The third kappa shape index (κ3) is 4.19. The predicted octanol–water partition coefficient (Wildman–Crippen LogP) is 2.09. The summed E-state index contributed by atoms with van der Waals surface area (Å²) in [6, 6.07) is 0.549. The van der Waals surface area contributed by atoms with E-state index in [1.807, 2.05) is 0 Å². The Hall–Kier alpha value is -0.610. The summed E-state index contributed by atoms with van der Waals surface area (Å²) < 4.78 is 5.51. The average molecular weight is 282 g/mol. The van der Waals surface area contributed by atoms with E-state index in [0.717, 1.165) is 19.4 Å². The molecule has 0 bridgehead atoms. The first-order valence-corrected chi connectivity index (χ1v) is 8.34. The van der Waals surface area contributed by atoms with E-state index in [9.17, 15) is 4.79 Å². The standard InChI is InChI=1S/C16H30N2O2/c1-3-9-17-15-11-20-10-13(15)16(19)18-14-8-6-4-5-7-12(14)2/h12-15,17H,3-11H2,1-2H3,(H,18,19). The van der Waals surface area contributed by atoms with E-state index in [1.54, 1.807) is 0 Å².